The summed E-state index contributed by atoms with van der Waals surface area (Å²) in [6.07, 6.45) is 3.43. The highest BCUT2D eigenvalue weighted by molar-refractivity contribution is 8.15. The fourth-order valence-corrected chi connectivity index (χ4v) is 4.12. The SMILES string of the molecule is CCC[C@H]1S/C(=N/N=C\c2ccc(Cl)cc2)N(Cc2ccc(OC)cc2)C1=O. The van der Waals surface area contributed by atoms with Gasteiger partial charge in [0.1, 0.15) is 5.75 Å². The summed E-state index contributed by atoms with van der Waals surface area (Å²) in [6.45, 7) is 2.54. The van der Waals surface area contributed by atoms with E-state index in [2.05, 4.69) is 17.1 Å². The van der Waals surface area contributed by atoms with Crippen LogP contribution in [0.25, 0.3) is 0 Å². The molecule has 0 radical (unpaired) electrons. The van der Waals surface area contributed by atoms with Gasteiger partial charge in [-0.2, -0.15) is 5.10 Å². The van der Waals surface area contributed by atoms with E-state index in [1.165, 1.54) is 11.8 Å². The molecule has 5 nitrogen and oxygen atoms in total. The van der Waals surface area contributed by atoms with Crippen LogP contribution in [-0.2, 0) is 11.3 Å². The van der Waals surface area contributed by atoms with Gasteiger partial charge < -0.3 is 4.74 Å². The van der Waals surface area contributed by atoms with Crippen molar-refractivity contribution in [1.82, 2.24) is 4.90 Å². The molecule has 0 saturated carbocycles. The maximum atomic E-state index is 12.8. The van der Waals surface area contributed by atoms with E-state index in [4.69, 9.17) is 16.3 Å². The van der Waals surface area contributed by atoms with Gasteiger partial charge in [-0.25, -0.2) is 0 Å². The minimum Gasteiger partial charge on any atom is -0.497 e. The Labute approximate surface area is 174 Å². The lowest BCUT2D eigenvalue weighted by Gasteiger charge is -2.16. The number of ether oxygens (including phenoxy) is 1. The molecule has 1 amide bonds. The van der Waals surface area contributed by atoms with Crippen LogP contribution >= 0.6 is 23.4 Å². The second-order valence-corrected chi connectivity index (χ2v) is 7.95. The van der Waals surface area contributed by atoms with E-state index < -0.39 is 0 Å². The van der Waals surface area contributed by atoms with Gasteiger partial charge in [-0.3, -0.25) is 9.69 Å². The summed E-state index contributed by atoms with van der Waals surface area (Å²) in [5, 5.41) is 9.72. The van der Waals surface area contributed by atoms with Crippen molar-refractivity contribution < 1.29 is 9.53 Å². The van der Waals surface area contributed by atoms with Crippen molar-refractivity contribution in [2.75, 3.05) is 7.11 Å². The Kier molecular flexibility index (Phi) is 7.12. The first kappa shape index (κ1) is 20.4. The highest BCUT2D eigenvalue weighted by Gasteiger charge is 2.37. The van der Waals surface area contributed by atoms with Crippen LogP contribution < -0.4 is 4.74 Å². The van der Waals surface area contributed by atoms with Crippen LogP contribution in [0.2, 0.25) is 5.02 Å². The molecule has 0 bridgehead atoms. The molecule has 0 unspecified atom stereocenters. The van der Waals surface area contributed by atoms with Gasteiger partial charge in [-0.15, -0.1) is 5.10 Å². The minimum atomic E-state index is -0.104. The predicted octanol–water partition coefficient (Wildman–Crippen LogP) is 4.98. The Morgan fingerprint density at radius 2 is 1.89 bits per heavy atom. The van der Waals surface area contributed by atoms with Crippen LogP contribution in [0.1, 0.15) is 30.9 Å². The smallest absolute Gasteiger partial charge is 0.242 e. The minimum absolute atomic E-state index is 0.0862. The molecule has 1 aliphatic rings. The third-order valence-electron chi connectivity index (χ3n) is 4.29. The number of carbonyl (C=O) groups is 1. The first-order valence-corrected chi connectivity index (χ1v) is 10.3. The Bertz CT molecular complexity index is 866. The largest absolute Gasteiger partial charge is 0.497 e. The van der Waals surface area contributed by atoms with Gasteiger partial charge in [-0.05, 0) is 41.8 Å². The van der Waals surface area contributed by atoms with Crippen LogP contribution in [0.5, 0.6) is 5.75 Å². The third-order valence-corrected chi connectivity index (χ3v) is 5.78. The number of hydrogen-bond acceptors (Lipinski definition) is 5. The molecule has 0 aromatic heterocycles. The molecule has 2 aromatic rings. The highest BCUT2D eigenvalue weighted by Crippen LogP contribution is 2.32. The van der Waals surface area contributed by atoms with Crippen molar-refractivity contribution in [3.8, 4) is 5.75 Å². The Balaban J connectivity index is 1.78. The average molecular weight is 416 g/mol. The van der Waals surface area contributed by atoms with Gasteiger partial charge in [0.25, 0.3) is 0 Å². The lowest BCUT2D eigenvalue weighted by Crippen LogP contribution is -2.31. The van der Waals surface area contributed by atoms with Crippen molar-refractivity contribution in [2.45, 2.75) is 31.6 Å². The molecule has 0 N–H and O–H groups in total. The molecule has 0 aliphatic carbocycles. The van der Waals surface area contributed by atoms with Crippen molar-refractivity contribution in [3.63, 3.8) is 0 Å². The fourth-order valence-electron chi connectivity index (χ4n) is 2.78. The number of carbonyl (C=O) groups excluding carboxylic acids is 1. The Hall–Kier alpha value is -2.31. The first-order chi connectivity index (χ1) is 13.6. The van der Waals surface area contributed by atoms with E-state index in [1.54, 1.807) is 30.4 Å². The van der Waals surface area contributed by atoms with Crippen molar-refractivity contribution in [1.29, 1.82) is 0 Å². The van der Waals surface area contributed by atoms with Gasteiger partial charge in [-0.1, -0.05) is 61.0 Å². The average Bonchev–Trinajstić information content (AvgIpc) is 2.99. The van der Waals surface area contributed by atoms with Gasteiger partial charge in [0, 0.05) is 5.02 Å². The quantitative estimate of drug-likeness (QED) is 0.473. The molecular formula is C21H22ClN3O2S. The zero-order chi connectivity index (χ0) is 19.9. The maximum absolute atomic E-state index is 12.8. The Morgan fingerprint density at radius 1 is 1.18 bits per heavy atom. The lowest BCUT2D eigenvalue weighted by molar-refractivity contribution is -0.126. The number of hydrogen-bond donors (Lipinski definition) is 0. The van der Waals surface area contributed by atoms with Crippen molar-refractivity contribution in [2.24, 2.45) is 10.2 Å². The number of thioether (sulfide) groups is 1. The van der Waals surface area contributed by atoms with Gasteiger partial charge in [0.2, 0.25) is 5.91 Å². The first-order valence-electron chi connectivity index (χ1n) is 9.08. The highest BCUT2D eigenvalue weighted by atomic mass is 35.5. The molecule has 1 heterocycles. The molecule has 146 valence electrons. The molecule has 1 atom stereocenters. The maximum Gasteiger partial charge on any atom is 0.242 e. The molecule has 2 aromatic carbocycles. The van der Waals surface area contributed by atoms with Crippen molar-refractivity contribution >= 4 is 40.7 Å². The molecular weight excluding hydrogens is 394 g/mol. The summed E-state index contributed by atoms with van der Waals surface area (Å²) in [5.74, 6) is 0.874. The fraction of sp³-hybridized carbons (Fsp3) is 0.286. The van der Waals surface area contributed by atoms with E-state index in [-0.39, 0.29) is 11.2 Å². The van der Waals surface area contributed by atoms with E-state index in [1.807, 2.05) is 36.4 Å². The molecule has 1 fully saturated rings. The molecule has 28 heavy (non-hydrogen) atoms. The summed E-state index contributed by atoms with van der Waals surface area (Å²) >= 11 is 7.38. The van der Waals surface area contributed by atoms with Crippen LogP contribution in [0.3, 0.4) is 0 Å². The number of methoxy groups -OCH3 is 1. The van der Waals surface area contributed by atoms with Crippen LogP contribution in [0.15, 0.2) is 58.7 Å². The second kappa shape index (κ2) is 9.75. The normalized spacial score (nSPS) is 18.4. The predicted molar refractivity (Wildman–Crippen MR) is 116 cm³/mol. The lowest BCUT2D eigenvalue weighted by atomic mass is 10.2. The Morgan fingerprint density at radius 3 is 2.54 bits per heavy atom. The van der Waals surface area contributed by atoms with Crippen molar-refractivity contribution in [3.05, 3.63) is 64.7 Å². The van der Waals surface area contributed by atoms with Crippen LogP contribution in [-0.4, -0.2) is 34.5 Å². The molecule has 7 heteroatoms. The summed E-state index contributed by atoms with van der Waals surface area (Å²) in [7, 11) is 1.63. The summed E-state index contributed by atoms with van der Waals surface area (Å²) in [6, 6.07) is 15.0. The zero-order valence-corrected chi connectivity index (χ0v) is 17.4. The molecule has 1 aliphatic heterocycles. The molecule has 3 rings (SSSR count). The van der Waals surface area contributed by atoms with Gasteiger partial charge in [0.05, 0.1) is 25.1 Å². The number of benzene rings is 2. The molecule has 0 spiro atoms. The third kappa shape index (κ3) is 5.14. The number of amidine groups is 1. The zero-order valence-electron chi connectivity index (χ0n) is 15.8. The monoisotopic (exact) mass is 415 g/mol. The van der Waals surface area contributed by atoms with Crippen LogP contribution in [0, 0.1) is 0 Å². The number of amides is 1. The number of rotatable bonds is 7. The number of halogens is 1. The topological polar surface area (TPSA) is 54.3 Å². The van der Waals surface area contributed by atoms with E-state index in [0.717, 1.165) is 29.7 Å². The standard InChI is InChI=1S/C21H22ClN3O2S/c1-3-4-19-20(26)25(14-16-7-11-18(27-2)12-8-16)21(28-19)24-23-13-15-5-9-17(22)10-6-15/h5-13,19H,3-4,14H2,1-2H3/b23-13-,24-21+/t19-/m1/s1. The number of nitrogens with zero attached hydrogens (tertiary/aromatic N) is 3. The molecule has 1 saturated heterocycles. The van der Waals surface area contributed by atoms with Crippen LogP contribution in [0.4, 0.5) is 0 Å². The van der Waals surface area contributed by atoms with E-state index in [9.17, 15) is 4.79 Å². The van der Waals surface area contributed by atoms with E-state index >= 15 is 0 Å². The summed E-state index contributed by atoms with van der Waals surface area (Å²) < 4.78 is 5.20. The van der Waals surface area contributed by atoms with Gasteiger partial charge >= 0.3 is 0 Å². The van der Waals surface area contributed by atoms with E-state index in [0.29, 0.717) is 16.7 Å². The summed E-state index contributed by atoms with van der Waals surface area (Å²) in [5.41, 5.74) is 1.91. The summed E-state index contributed by atoms with van der Waals surface area (Å²) in [4.78, 5) is 14.6. The second-order valence-electron chi connectivity index (χ2n) is 6.35. The van der Waals surface area contributed by atoms with Gasteiger partial charge in [0.15, 0.2) is 5.17 Å².